The average molecular weight is 295 g/mol. The van der Waals surface area contributed by atoms with Crippen molar-refractivity contribution in [2.75, 3.05) is 18.1 Å². The molecule has 1 aliphatic heterocycles. The summed E-state index contributed by atoms with van der Waals surface area (Å²) < 4.78 is 23.1. The maximum absolute atomic E-state index is 11.6. The number of hydrogen-bond acceptors (Lipinski definition) is 5. The fourth-order valence-electron chi connectivity index (χ4n) is 3.22. The van der Waals surface area contributed by atoms with E-state index in [1.165, 1.54) is 5.56 Å². The Bertz CT molecular complexity index is 600. The Morgan fingerprint density at radius 1 is 1.40 bits per heavy atom. The topological polar surface area (TPSA) is 72.0 Å². The zero-order valence-corrected chi connectivity index (χ0v) is 12.6. The highest BCUT2D eigenvalue weighted by molar-refractivity contribution is 7.91. The molecule has 1 aromatic rings. The molecule has 20 heavy (non-hydrogen) atoms. The van der Waals surface area contributed by atoms with Crippen molar-refractivity contribution < 1.29 is 8.42 Å². The van der Waals surface area contributed by atoms with Crippen LogP contribution >= 0.6 is 0 Å². The van der Waals surface area contributed by atoms with Gasteiger partial charge in [-0.1, -0.05) is 6.92 Å². The number of hydrogen-bond donors (Lipinski definition) is 1. The van der Waals surface area contributed by atoms with E-state index >= 15 is 0 Å². The lowest BCUT2D eigenvalue weighted by molar-refractivity contribution is 0.461. The van der Waals surface area contributed by atoms with Gasteiger partial charge in [0, 0.05) is 29.4 Å². The van der Waals surface area contributed by atoms with Crippen LogP contribution in [0.15, 0.2) is 6.20 Å². The minimum atomic E-state index is -2.88. The largest absolute Gasteiger partial charge is 0.310 e. The molecule has 0 radical (unpaired) electrons. The quantitative estimate of drug-likeness (QED) is 0.911. The fraction of sp³-hybridized carbons (Fsp3) is 0.714. The normalized spacial score (nSPS) is 28.2. The first-order valence-electron chi connectivity index (χ1n) is 7.38. The summed E-state index contributed by atoms with van der Waals surface area (Å²) in [6.07, 6.45) is 5.81. The monoisotopic (exact) mass is 295 g/mol. The van der Waals surface area contributed by atoms with Crippen molar-refractivity contribution in [3.63, 3.8) is 0 Å². The van der Waals surface area contributed by atoms with E-state index in [0.29, 0.717) is 12.5 Å². The van der Waals surface area contributed by atoms with Gasteiger partial charge in [-0.3, -0.25) is 0 Å². The zero-order chi connectivity index (χ0) is 14.2. The van der Waals surface area contributed by atoms with Crippen LogP contribution in [0, 0.1) is 0 Å². The molecule has 2 unspecified atom stereocenters. The molecular weight excluding hydrogens is 274 g/mol. The van der Waals surface area contributed by atoms with Crippen LogP contribution in [0.4, 0.5) is 0 Å². The first-order chi connectivity index (χ1) is 9.59. The van der Waals surface area contributed by atoms with E-state index < -0.39 is 9.84 Å². The van der Waals surface area contributed by atoms with Gasteiger partial charge in [0.05, 0.1) is 11.5 Å². The molecule has 1 saturated heterocycles. The maximum Gasteiger partial charge on any atom is 0.151 e. The molecule has 2 heterocycles. The number of aromatic nitrogens is 2. The summed E-state index contributed by atoms with van der Waals surface area (Å²) >= 11 is 0. The molecule has 1 aliphatic carbocycles. The molecule has 6 heteroatoms. The molecule has 1 fully saturated rings. The highest BCUT2D eigenvalue weighted by Gasteiger charge is 2.32. The predicted octanol–water partition coefficient (Wildman–Crippen LogP) is 1.37. The third-order valence-electron chi connectivity index (χ3n) is 4.25. The number of nitrogens with one attached hydrogen (secondary N) is 1. The molecule has 1 N–H and O–H groups in total. The van der Waals surface area contributed by atoms with E-state index in [2.05, 4.69) is 22.2 Å². The van der Waals surface area contributed by atoms with Gasteiger partial charge in [-0.2, -0.15) is 0 Å². The van der Waals surface area contributed by atoms with Crippen molar-refractivity contribution in [2.45, 2.75) is 44.6 Å². The fourth-order valence-corrected chi connectivity index (χ4v) is 4.96. The second-order valence-electron chi connectivity index (χ2n) is 5.73. The molecular formula is C14H21N3O2S. The summed E-state index contributed by atoms with van der Waals surface area (Å²) in [7, 11) is -2.88. The molecule has 2 atom stereocenters. The molecule has 2 aliphatic rings. The molecule has 0 saturated carbocycles. The second kappa shape index (κ2) is 5.41. The Balaban J connectivity index is 1.86. The van der Waals surface area contributed by atoms with E-state index in [4.69, 9.17) is 0 Å². The predicted molar refractivity (Wildman–Crippen MR) is 77.4 cm³/mol. The van der Waals surface area contributed by atoms with Gasteiger partial charge in [0.2, 0.25) is 0 Å². The van der Waals surface area contributed by atoms with Crippen LogP contribution in [0.1, 0.15) is 55.2 Å². The van der Waals surface area contributed by atoms with Gasteiger partial charge in [-0.25, -0.2) is 18.4 Å². The minimum absolute atomic E-state index is 0.00943. The van der Waals surface area contributed by atoms with Crippen molar-refractivity contribution in [3.8, 4) is 0 Å². The first-order valence-corrected chi connectivity index (χ1v) is 9.20. The Hall–Kier alpha value is -1.01. The number of aryl methyl sites for hydroxylation is 1. The Morgan fingerprint density at radius 2 is 2.25 bits per heavy atom. The Morgan fingerprint density at radius 3 is 2.95 bits per heavy atom. The van der Waals surface area contributed by atoms with Crippen molar-refractivity contribution >= 4 is 9.84 Å². The van der Waals surface area contributed by atoms with Crippen LogP contribution in [0.2, 0.25) is 0 Å². The van der Waals surface area contributed by atoms with Crippen molar-refractivity contribution in [2.24, 2.45) is 0 Å². The van der Waals surface area contributed by atoms with E-state index in [-0.39, 0.29) is 17.4 Å². The SMILES string of the molecule is CCNC1CCCc2nc(C3CCS(=O)(=O)C3)ncc21. The summed E-state index contributed by atoms with van der Waals surface area (Å²) in [5.41, 5.74) is 2.30. The third-order valence-corrected chi connectivity index (χ3v) is 6.02. The minimum Gasteiger partial charge on any atom is -0.310 e. The average Bonchev–Trinajstić information content (AvgIpc) is 2.79. The van der Waals surface area contributed by atoms with Crippen LogP contribution in [0.5, 0.6) is 0 Å². The summed E-state index contributed by atoms with van der Waals surface area (Å²) in [6, 6.07) is 0.352. The standard InChI is InChI=1S/C14H21N3O2S/c1-2-15-12-4-3-5-13-11(12)8-16-14(17-13)10-6-7-20(18,19)9-10/h8,10,12,15H,2-7,9H2,1H3. The van der Waals surface area contributed by atoms with Crippen LogP contribution < -0.4 is 5.32 Å². The van der Waals surface area contributed by atoms with Gasteiger partial charge < -0.3 is 5.32 Å². The van der Waals surface area contributed by atoms with Gasteiger partial charge in [0.25, 0.3) is 0 Å². The summed E-state index contributed by atoms with van der Waals surface area (Å²) in [6.45, 7) is 3.04. The highest BCUT2D eigenvalue weighted by atomic mass is 32.2. The molecule has 110 valence electrons. The number of rotatable bonds is 3. The maximum atomic E-state index is 11.6. The smallest absolute Gasteiger partial charge is 0.151 e. The molecule has 0 spiro atoms. The lowest BCUT2D eigenvalue weighted by Crippen LogP contribution is -2.26. The van der Waals surface area contributed by atoms with Crippen molar-refractivity contribution in [1.29, 1.82) is 0 Å². The van der Waals surface area contributed by atoms with Gasteiger partial charge >= 0.3 is 0 Å². The van der Waals surface area contributed by atoms with Gasteiger partial charge in [-0.15, -0.1) is 0 Å². The second-order valence-corrected chi connectivity index (χ2v) is 7.96. The Labute approximate surface area is 120 Å². The van der Waals surface area contributed by atoms with Crippen LogP contribution in [0.3, 0.4) is 0 Å². The van der Waals surface area contributed by atoms with Crippen LogP contribution in [-0.4, -0.2) is 36.4 Å². The van der Waals surface area contributed by atoms with E-state index in [9.17, 15) is 8.42 Å². The van der Waals surface area contributed by atoms with Crippen molar-refractivity contribution in [1.82, 2.24) is 15.3 Å². The van der Waals surface area contributed by atoms with Gasteiger partial charge in [0.15, 0.2) is 9.84 Å². The summed E-state index contributed by atoms with van der Waals surface area (Å²) in [4.78, 5) is 9.13. The Kier molecular flexibility index (Phi) is 3.77. The van der Waals surface area contributed by atoms with Gasteiger partial charge in [0.1, 0.15) is 5.82 Å². The summed E-state index contributed by atoms with van der Waals surface area (Å²) in [5.74, 6) is 1.20. The van der Waals surface area contributed by atoms with Crippen molar-refractivity contribution in [3.05, 3.63) is 23.3 Å². The molecule has 0 bridgehead atoms. The first kappa shape index (κ1) is 13.9. The third kappa shape index (κ3) is 2.72. The molecule has 0 amide bonds. The lowest BCUT2D eigenvalue weighted by Gasteiger charge is -2.25. The molecule has 0 aromatic carbocycles. The number of nitrogens with zero attached hydrogens (tertiary/aromatic N) is 2. The summed E-state index contributed by atoms with van der Waals surface area (Å²) in [5, 5.41) is 3.47. The van der Waals surface area contributed by atoms with Crippen LogP contribution in [-0.2, 0) is 16.3 Å². The van der Waals surface area contributed by atoms with E-state index in [1.54, 1.807) is 0 Å². The lowest BCUT2D eigenvalue weighted by atomic mass is 9.92. The van der Waals surface area contributed by atoms with E-state index in [0.717, 1.165) is 37.3 Å². The number of fused-ring (bicyclic) bond motifs is 1. The highest BCUT2D eigenvalue weighted by Crippen LogP contribution is 2.31. The molecule has 1 aromatic heterocycles. The van der Waals surface area contributed by atoms with Gasteiger partial charge in [-0.05, 0) is 32.2 Å². The number of sulfone groups is 1. The van der Waals surface area contributed by atoms with Crippen LogP contribution in [0.25, 0.3) is 0 Å². The van der Waals surface area contributed by atoms with E-state index in [1.807, 2.05) is 6.20 Å². The molecule has 3 rings (SSSR count). The molecule has 5 nitrogen and oxygen atoms in total. The zero-order valence-electron chi connectivity index (χ0n) is 11.8.